The van der Waals surface area contributed by atoms with Crippen molar-refractivity contribution in [3.63, 3.8) is 0 Å². The number of rotatable bonds is 4. The second kappa shape index (κ2) is 5.93. The van der Waals surface area contributed by atoms with Gasteiger partial charge in [0.1, 0.15) is 4.60 Å². The smallest absolute Gasteiger partial charge is 0.261 e. The van der Waals surface area contributed by atoms with Gasteiger partial charge in [0.2, 0.25) is 5.75 Å². The first-order chi connectivity index (χ1) is 9.05. The molecule has 20 heavy (non-hydrogen) atoms. The molecule has 0 N–H and O–H groups in total. The number of ether oxygens (including phenoxy) is 2. The van der Waals surface area contributed by atoms with Gasteiger partial charge in [0.25, 0.3) is 14.2 Å². The molecule has 0 spiro atoms. The maximum atomic E-state index is 6.41. The van der Waals surface area contributed by atoms with E-state index in [4.69, 9.17) is 13.9 Å². The van der Waals surface area contributed by atoms with Crippen LogP contribution in [0.3, 0.4) is 0 Å². The summed E-state index contributed by atoms with van der Waals surface area (Å²) in [5.41, 5.74) is 0.924. The maximum absolute atomic E-state index is 6.41. The van der Waals surface area contributed by atoms with Gasteiger partial charge in [-0.2, -0.15) is 0 Å². The second-order valence-electron chi connectivity index (χ2n) is 6.26. The monoisotopic (exact) mass is 361 g/mol. The number of halogens is 1. The van der Waals surface area contributed by atoms with E-state index < -0.39 is 8.32 Å². The van der Waals surface area contributed by atoms with Crippen LogP contribution in [0.4, 0.5) is 0 Å². The van der Waals surface area contributed by atoms with Crippen LogP contribution in [0.15, 0.2) is 4.60 Å². The van der Waals surface area contributed by atoms with Crippen molar-refractivity contribution in [3.8, 4) is 17.4 Å². The van der Waals surface area contributed by atoms with Crippen molar-refractivity contribution in [1.82, 2.24) is 4.98 Å². The molecule has 0 aliphatic rings. The van der Waals surface area contributed by atoms with Gasteiger partial charge in [0.15, 0.2) is 5.75 Å². The minimum Gasteiger partial charge on any atom is -0.541 e. The molecular formula is C14H24BrNO3Si. The minimum absolute atomic E-state index is 0.105. The molecule has 0 aliphatic heterocycles. The molecular weight excluding hydrogens is 338 g/mol. The van der Waals surface area contributed by atoms with Crippen molar-refractivity contribution >= 4 is 24.2 Å². The summed E-state index contributed by atoms with van der Waals surface area (Å²) in [5, 5.41) is 0.105. The lowest BCUT2D eigenvalue weighted by atomic mass is 10.2. The Labute approximate surface area is 131 Å². The molecule has 114 valence electrons. The highest BCUT2D eigenvalue weighted by Gasteiger charge is 2.40. The first-order valence-electron chi connectivity index (χ1n) is 6.52. The van der Waals surface area contributed by atoms with Crippen molar-refractivity contribution in [2.45, 2.75) is 45.8 Å². The lowest BCUT2D eigenvalue weighted by Gasteiger charge is -2.37. The highest BCUT2D eigenvalue weighted by Crippen LogP contribution is 2.45. The highest BCUT2D eigenvalue weighted by atomic mass is 79.9. The van der Waals surface area contributed by atoms with Gasteiger partial charge in [0.05, 0.1) is 14.2 Å². The number of aromatic nitrogens is 1. The summed E-state index contributed by atoms with van der Waals surface area (Å²) in [4.78, 5) is 4.32. The van der Waals surface area contributed by atoms with Gasteiger partial charge in [-0.1, -0.05) is 20.8 Å². The zero-order valence-electron chi connectivity index (χ0n) is 13.5. The summed E-state index contributed by atoms with van der Waals surface area (Å²) >= 11 is 3.45. The molecule has 6 heteroatoms. The zero-order valence-corrected chi connectivity index (χ0v) is 16.1. The first-order valence-corrected chi connectivity index (χ1v) is 10.2. The maximum Gasteiger partial charge on any atom is 0.261 e. The van der Waals surface area contributed by atoms with Crippen LogP contribution in [0.25, 0.3) is 0 Å². The summed E-state index contributed by atoms with van der Waals surface area (Å²) in [7, 11) is 1.21. The van der Waals surface area contributed by atoms with Crippen molar-refractivity contribution in [3.05, 3.63) is 10.2 Å². The van der Waals surface area contributed by atoms with E-state index >= 15 is 0 Å². The van der Waals surface area contributed by atoms with E-state index in [1.165, 1.54) is 0 Å². The predicted molar refractivity (Wildman–Crippen MR) is 87.6 cm³/mol. The van der Waals surface area contributed by atoms with E-state index in [0.29, 0.717) is 16.2 Å². The Bertz CT molecular complexity index is 498. The fourth-order valence-corrected chi connectivity index (χ4v) is 2.84. The van der Waals surface area contributed by atoms with Crippen molar-refractivity contribution in [2.24, 2.45) is 0 Å². The van der Waals surface area contributed by atoms with Gasteiger partial charge < -0.3 is 13.9 Å². The highest BCUT2D eigenvalue weighted by molar-refractivity contribution is 9.10. The van der Waals surface area contributed by atoms with Crippen molar-refractivity contribution in [2.75, 3.05) is 14.2 Å². The van der Waals surface area contributed by atoms with Crippen LogP contribution in [0.2, 0.25) is 18.1 Å². The van der Waals surface area contributed by atoms with Crippen LogP contribution in [0, 0.1) is 6.92 Å². The van der Waals surface area contributed by atoms with E-state index in [9.17, 15) is 0 Å². The molecule has 1 heterocycles. The van der Waals surface area contributed by atoms with Crippen LogP contribution >= 0.6 is 15.9 Å². The molecule has 4 nitrogen and oxygen atoms in total. The molecule has 0 bridgehead atoms. The number of nitrogens with zero attached hydrogens (tertiary/aromatic N) is 1. The molecule has 0 saturated heterocycles. The van der Waals surface area contributed by atoms with E-state index in [2.05, 4.69) is 54.8 Å². The van der Waals surface area contributed by atoms with Crippen LogP contribution in [-0.2, 0) is 0 Å². The molecule has 0 radical (unpaired) electrons. The van der Waals surface area contributed by atoms with Gasteiger partial charge in [-0.3, -0.25) is 0 Å². The summed E-state index contributed by atoms with van der Waals surface area (Å²) in [5.74, 6) is 1.70. The lowest BCUT2D eigenvalue weighted by Crippen LogP contribution is -2.44. The summed E-state index contributed by atoms with van der Waals surface area (Å²) in [6, 6.07) is 0. The summed E-state index contributed by atoms with van der Waals surface area (Å²) < 4.78 is 17.9. The predicted octanol–water partition coefficient (Wildman–Crippen LogP) is 4.55. The third kappa shape index (κ3) is 3.28. The third-order valence-corrected chi connectivity index (χ3v) is 8.91. The van der Waals surface area contributed by atoms with E-state index in [-0.39, 0.29) is 5.04 Å². The number of hydrogen-bond acceptors (Lipinski definition) is 4. The summed E-state index contributed by atoms with van der Waals surface area (Å²) in [6.45, 7) is 13.0. The quantitative estimate of drug-likeness (QED) is 0.582. The van der Waals surface area contributed by atoms with Crippen LogP contribution in [0.5, 0.6) is 17.4 Å². The van der Waals surface area contributed by atoms with Gasteiger partial charge in [0, 0.05) is 5.56 Å². The normalized spacial score (nSPS) is 12.2. The van der Waals surface area contributed by atoms with Gasteiger partial charge >= 0.3 is 0 Å². The number of methoxy groups -OCH3 is 2. The Morgan fingerprint density at radius 1 is 1.05 bits per heavy atom. The molecule has 0 atom stereocenters. The third-order valence-electron chi connectivity index (χ3n) is 3.81. The van der Waals surface area contributed by atoms with E-state index in [1.54, 1.807) is 14.2 Å². The van der Waals surface area contributed by atoms with E-state index in [0.717, 1.165) is 11.3 Å². The fraction of sp³-hybridized carbons (Fsp3) is 0.643. The standard InChI is InChI=1S/C14H24BrNO3Si/c1-9-10(19-20(7,8)14(2,3)4)11(17-5)13(18-6)16-12(9)15/h1-8H3. The Morgan fingerprint density at radius 2 is 1.60 bits per heavy atom. The molecule has 1 aromatic rings. The average Bonchev–Trinajstić information content (AvgIpc) is 2.33. The molecule has 0 aliphatic carbocycles. The molecule has 0 saturated carbocycles. The molecule has 0 unspecified atom stereocenters. The van der Waals surface area contributed by atoms with Crippen LogP contribution in [-0.4, -0.2) is 27.5 Å². The van der Waals surface area contributed by atoms with Gasteiger partial charge in [-0.15, -0.1) is 0 Å². The number of pyridine rings is 1. The largest absolute Gasteiger partial charge is 0.541 e. The Balaban J connectivity index is 3.41. The first kappa shape index (κ1) is 17.3. The lowest BCUT2D eigenvalue weighted by molar-refractivity contribution is 0.328. The minimum atomic E-state index is -1.97. The molecule has 0 amide bonds. The van der Waals surface area contributed by atoms with Crippen molar-refractivity contribution < 1.29 is 13.9 Å². The topological polar surface area (TPSA) is 40.6 Å². The Hall–Kier alpha value is -0.753. The molecule has 0 fully saturated rings. The second-order valence-corrected chi connectivity index (χ2v) is 11.7. The van der Waals surface area contributed by atoms with Crippen molar-refractivity contribution in [1.29, 1.82) is 0 Å². The Kier molecular flexibility index (Phi) is 5.13. The number of hydrogen-bond donors (Lipinski definition) is 0. The average molecular weight is 362 g/mol. The molecule has 0 aromatic carbocycles. The van der Waals surface area contributed by atoms with Crippen LogP contribution < -0.4 is 13.9 Å². The fourth-order valence-electron chi connectivity index (χ4n) is 1.43. The SMILES string of the molecule is COc1nc(Br)c(C)c(O[Si](C)(C)C(C)(C)C)c1OC. The van der Waals surface area contributed by atoms with Crippen LogP contribution in [0.1, 0.15) is 26.3 Å². The van der Waals surface area contributed by atoms with Gasteiger partial charge in [-0.25, -0.2) is 4.98 Å². The van der Waals surface area contributed by atoms with E-state index in [1.807, 2.05) is 6.92 Å². The summed E-state index contributed by atoms with van der Waals surface area (Å²) in [6.07, 6.45) is 0. The van der Waals surface area contributed by atoms with Gasteiger partial charge in [-0.05, 0) is 41.0 Å². The molecule has 1 rings (SSSR count). The Morgan fingerprint density at radius 3 is 2.00 bits per heavy atom. The molecule has 1 aromatic heterocycles. The zero-order chi connectivity index (χ0) is 15.7.